The average molecular weight is 484 g/mol. The van der Waals surface area contributed by atoms with Crippen molar-refractivity contribution in [3.05, 3.63) is 36.5 Å². The Morgan fingerprint density at radius 1 is 1.17 bits per heavy atom. The Morgan fingerprint density at radius 2 is 1.89 bits per heavy atom. The first-order chi connectivity index (χ1) is 16.4. The van der Waals surface area contributed by atoms with Gasteiger partial charge in [-0.3, -0.25) is 5.21 Å². The van der Waals surface area contributed by atoms with Gasteiger partial charge in [0.25, 0.3) is 0 Å². The van der Waals surface area contributed by atoms with E-state index < -0.39 is 16.6 Å². The summed E-state index contributed by atoms with van der Waals surface area (Å²) in [6.07, 6.45) is 15.7. The smallest absolute Gasteiger partial charge is 0.235 e. The summed E-state index contributed by atoms with van der Waals surface area (Å²) in [7, 11) is 0. The van der Waals surface area contributed by atoms with Gasteiger partial charge in [-0.25, -0.2) is 0 Å². The lowest BCUT2D eigenvalue weighted by molar-refractivity contribution is -0.829. The van der Waals surface area contributed by atoms with Crippen LogP contribution in [-0.4, -0.2) is 43.8 Å². The van der Waals surface area contributed by atoms with Crippen molar-refractivity contribution in [1.29, 1.82) is 0 Å². The molecule has 0 unspecified atom stereocenters. The van der Waals surface area contributed by atoms with Gasteiger partial charge in [0.2, 0.25) is 5.54 Å². The van der Waals surface area contributed by atoms with Crippen LogP contribution in [0.1, 0.15) is 86.0 Å². The fourth-order valence-corrected chi connectivity index (χ4v) is 8.92. The van der Waals surface area contributed by atoms with Crippen molar-refractivity contribution in [3.8, 4) is 0 Å². The van der Waals surface area contributed by atoms with Gasteiger partial charge in [0.1, 0.15) is 0 Å². The lowest BCUT2D eigenvalue weighted by Gasteiger charge is -2.62. The van der Waals surface area contributed by atoms with E-state index >= 15 is 0 Å². The average Bonchev–Trinajstić information content (AvgIpc) is 3.19. The van der Waals surface area contributed by atoms with E-state index in [9.17, 15) is 15.5 Å². The number of nitrogens with zero attached hydrogens (tertiary/aromatic N) is 2. The molecule has 3 saturated carbocycles. The highest BCUT2D eigenvalue weighted by molar-refractivity contribution is 5.86. The van der Waals surface area contributed by atoms with E-state index in [0.717, 1.165) is 38.5 Å². The third-order valence-corrected chi connectivity index (χ3v) is 11.3. The summed E-state index contributed by atoms with van der Waals surface area (Å²) in [5.74, 6) is 1.69. The zero-order valence-corrected chi connectivity index (χ0v) is 22.5. The minimum absolute atomic E-state index is 0.0725. The molecule has 0 saturated heterocycles. The van der Waals surface area contributed by atoms with E-state index in [1.54, 1.807) is 0 Å². The van der Waals surface area contributed by atoms with Crippen LogP contribution in [0.15, 0.2) is 41.6 Å². The summed E-state index contributed by atoms with van der Waals surface area (Å²) in [5.41, 5.74) is -0.103. The molecule has 0 heterocycles. The van der Waals surface area contributed by atoms with E-state index in [-0.39, 0.29) is 17.3 Å². The van der Waals surface area contributed by atoms with Gasteiger partial charge in [-0.15, -0.1) is 0 Å². The molecule has 0 amide bonds. The molecular weight excluding hydrogens is 436 g/mol. The Labute approximate surface area is 212 Å². The van der Waals surface area contributed by atoms with Gasteiger partial charge < -0.3 is 10.3 Å². The Bertz CT molecular complexity index is 969. The second-order valence-electron chi connectivity index (χ2n) is 12.7. The lowest BCUT2D eigenvalue weighted by Crippen LogP contribution is -2.70. The quantitative estimate of drug-likeness (QED) is 0.135. The second kappa shape index (κ2) is 8.90. The zero-order chi connectivity index (χ0) is 25.8. The summed E-state index contributed by atoms with van der Waals surface area (Å²) in [6.45, 7) is 19.7. The van der Waals surface area contributed by atoms with Gasteiger partial charge in [0, 0.05) is 23.7 Å². The number of rotatable bonds is 6. The van der Waals surface area contributed by atoms with Crippen LogP contribution >= 0.6 is 0 Å². The van der Waals surface area contributed by atoms with Crippen LogP contribution in [-0.2, 0) is 0 Å². The SMILES string of the molecule is C=C(CC)[C@@H](C)/C=C/[C@@H](C)[C@H]1CC[C@@H]2[C@]1(C)CC[C@H]1[C@]2([N+](=C)O)C=C[C@@]2(O)C/C(=N/O)CC[C@]12C. The van der Waals surface area contributed by atoms with Crippen LogP contribution in [0.3, 0.4) is 0 Å². The molecule has 35 heavy (non-hydrogen) atoms. The minimum Gasteiger partial charge on any atom is -0.411 e. The first-order valence-electron chi connectivity index (χ1n) is 13.7. The monoisotopic (exact) mass is 483 g/mol. The summed E-state index contributed by atoms with van der Waals surface area (Å²) in [5, 5.41) is 35.9. The molecule has 0 aromatic carbocycles. The maximum absolute atomic E-state index is 11.8. The number of oxime groups is 1. The largest absolute Gasteiger partial charge is 0.411 e. The van der Waals surface area contributed by atoms with Gasteiger partial charge in [0.15, 0.2) is 6.72 Å². The van der Waals surface area contributed by atoms with E-state index in [4.69, 9.17) is 0 Å². The number of hydrogen-bond donors (Lipinski definition) is 3. The van der Waals surface area contributed by atoms with E-state index in [2.05, 4.69) is 71.3 Å². The van der Waals surface area contributed by atoms with Crippen LogP contribution in [0.4, 0.5) is 0 Å². The molecule has 4 aliphatic carbocycles. The highest BCUT2D eigenvalue weighted by Gasteiger charge is 2.74. The second-order valence-corrected chi connectivity index (χ2v) is 12.7. The van der Waals surface area contributed by atoms with E-state index in [1.165, 1.54) is 10.3 Å². The minimum atomic E-state index is -1.07. The molecule has 3 N–H and O–H groups in total. The molecule has 4 rings (SSSR count). The van der Waals surface area contributed by atoms with Crippen molar-refractivity contribution in [1.82, 2.24) is 0 Å². The molecule has 0 radical (unpaired) electrons. The van der Waals surface area contributed by atoms with Crippen molar-refractivity contribution in [2.75, 3.05) is 0 Å². The van der Waals surface area contributed by atoms with Gasteiger partial charge in [0.05, 0.1) is 11.3 Å². The van der Waals surface area contributed by atoms with Gasteiger partial charge in [-0.1, -0.05) is 64.1 Å². The van der Waals surface area contributed by atoms with Crippen LogP contribution < -0.4 is 0 Å². The lowest BCUT2D eigenvalue weighted by atomic mass is 9.42. The molecule has 5 heteroatoms. The molecule has 3 fully saturated rings. The summed E-state index contributed by atoms with van der Waals surface area (Å²) in [6, 6.07) is 0. The van der Waals surface area contributed by atoms with E-state index in [1.807, 2.05) is 6.08 Å². The first-order valence-corrected chi connectivity index (χ1v) is 13.7. The number of aliphatic hydroxyl groups is 1. The summed E-state index contributed by atoms with van der Waals surface area (Å²) >= 11 is 0. The highest BCUT2D eigenvalue weighted by atomic mass is 16.5. The first kappa shape index (κ1) is 26.2. The van der Waals surface area contributed by atoms with Crippen molar-refractivity contribution < 1.29 is 20.3 Å². The van der Waals surface area contributed by atoms with Gasteiger partial charge >= 0.3 is 0 Å². The third-order valence-electron chi connectivity index (χ3n) is 11.3. The molecule has 0 aromatic rings. The zero-order valence-electron chi connectivity index (χ0n) is 22.5. The Kier molecular flexibility index (Phi) is 6.66. The predicted molar refractivity (Wildman–Crippen MR) is 141 cm³/mol. The predicted octanol–water partition coefficient (Wildman–Crippen LogP) is 6.39. The highest BCUT2D eigenvalue weighted by Crippen LogP contribution is 2.69. The van der Waals surface area contributed by atoms with Crippen molar-refractivity contribution in [2.24, 2.45) is 45.6 Å². The van der Waals surface area contributed by atoms with Crippen molar-refractivity contribution in [2.45, 2.75) is 97.1 Å². The van der Waals surface area contributed by atoms with Crippen LogP contribution in [0, 0.1) is 40.4 Å². The van der Waals surface area contributed by atoms with Gasteiger partial charge in [-0.05, 0) is 85.0 Å². The molecular formula is C30H47N2O3+. The molecule has 0 bridgehead atoms. The van der Waals surface area contributed by atoms with Crippen molar-refractivity contribution in [3.63, 3.8) is 0 Å². The Hall–Kier alpha value is -1.88. The topological polar surface area (TPSA) is 76.1 Å². The Balaban J connectivity index is 1.70. The summed E-state index contributed by atoms with van der Waals surface area (Å²) < 4.78 is 1.24. The number of fused-ring (bicyclic) bond motifs is 5. The number of hydroxylamine groups is 1. The standard InChI is InChI=1S/C30H46N2O3/c1-8-20(2)21(3)9-10-22(4)24-11-12-25-27(24,5)15-14-26-28(6)16-13-23(31-34)19-29(28,33)17-18-30(25,26)32(7)35/h9-10,17-18,21-22,24-26,33H,2,7-8,11-16,19H2,1,3-6H3,(H-,34,35)/p+1/b10-9+,31-23+/t21-,22+,24+,25+,26+,27+,28+,29+,30-/m0/s1. The maximum Gasteiger partial charge on any atom is 0.235 e. The van der Waals surface area contributed by atoms with Crippen LogP contribution in [0.2, 0.25) is 0 Å². The fraction of sp³-hybridized carbons (Fsp3) is 0.733. The van der Waals surface area contributed by atoms with Gasteiger partial charge in [-0.2, -0.15) is 0 Å². The molecule has 194 valence electrons. The molecule has 0 aromatic heterocycles. The summed E-state index contributed by atoms with van der Waals surface area (Å²) in [4.78, 5) is 0. The number of hydrogen-bond acceptors (Lipinski definition) is 4. The molecule has 4 aliphatic rings. The van der Waals surface area contributed by atoms with Crippen LogP contribution in [0.5, 0.6) is 0 Å². The van der Waals surface area contributed by atoms with Crippen LogP contribution in [0.25, 0.3) is 0 Å². The normalized spacial score (nSPS) is 45.5. The maximum atomic E-state index is 11.8. The molecule has 0 spiro atoms. The molecule has 9 atom stereocenters. The fourth-order valence-electron chi connectivity index (χ4n) is 8.92. The van der Waals surface area contributed by atoms with Crippen molar-refractivity contribution >= 4 is 12.4 Å². The number of allylic oxidation sites excluding steroid dienone is 3. The van der Waals surface area contributed by atoms with E-state index in [0.29, 0.717) is 36.3 Å². The Morgan fingerprint density at radius 3 is 2.51 bits per heavy atom. The third kappa shape index (κ3) is 3.67. The molecule has 0 aliphatic heterocycles. The molecule has 5 nitrogen and oxygen atoms in total.